The Hall–Kier alpha value is -3.40. The van der Waals surface area contributed by atoms with Crippen molar-refractivity contribution in [2.75, 3.05) is 26.2 Å². The lowest BCUT2D eigenvalue weighted by Crippen LogP contribution is -2.40. The van der Waals surface area contributed by atoms with Crippen molar-refractivity contribution in [3.05, 3.63) is 64.7 Å². The zero-order valence-electron chi connectivity index (χ0n) is 21.4. The van der Waals surface area contributed by atoms with E-state index in [2.05, 4.69) is 4.99 Å². The summed E-state index contributed by atoms with van der Waals surface area (Å²) in [5.74, 6) is -0.254. The molecule has 7 nitrogen and oxygen atoms in total. The van der Waals surface area contributed by atoms with Gasteiger partial charge in [0.25, 0.3) is 5.91 Å². The molecular weight excluding hydrogens is 521 g/mol. The second-order valence-corrected chi connectivity index (χ2v) is 10.3. The van der Waals surface area contributed by atoms with Crippen LogP contribution in [-0.4, -0.2) is 71.2 Å². The number of hydrogen-bond acceptors (Lipinski definition) is 5. The van der Waals surface area contributed by atoms with Crippen LogP contribution in [0, 0.1) is 5.41 Å². The lowest BCUT2D eigenvalue weighted by atomic mass is 10.0. The van der Waals surface area contributed by atoms with E-state index >= 15 is 0 Å². The standard InChI is InChI=1S/C27H30ClF3N4O3/c1-26(2,3)38-25(37)35-14-6-13-34(15-16-35)24(36)19-11-9-18(10-12-19)22(17-23(32)27(29,30)31)33-21-8-5-4-7-20(21)28/h4-5,7-12,32H,6,13-17H2,1-3H3. The maximum Gasteiger partial charge on any atom is 0.429 e. The highest BCUT2D eigenvalue weighted by Gasteiger charge is 2.35. The van der Waals surface area contributed by atoms with E-state index in [4.69, 9.17) is 21.7 Å². The third-order valence-corrected chi connectivity index (χ3v) is 6.01. The molecule has 1 aliphatic rings. The quantitative estimate of drug-likeness (QED) is 0.430. The fourth-order valence-electron chi connectivity index (χ4n) is 3.78. The zero-order chi connectivity index (χ0) is 28.1. The van der Waals surface area contributed by atoms with E-state index < -0.39 is 30.0 Å². The van der Waals surface area contributed by atoms with Gasteiger partial charge in [0.2, 0.25) is 0 Å². The second-order valence-electron chi connectivity index (χ2n) is 9.85. The van der Waals surface area contributed by atoms with Gasteiger partial charge in [-0.3, -0.25) is 9.79 Å². The Morgan fingerprint density at radius 3 is 2.13 bits per heavy atom. The van der Waals surface area contributed by atoms with Crippen molar-refractivity contribution in [3.63, 3.8) is 0 Å². The molecule has 3 rings (SSSR count). The summed E-state index contributed by atoms with van der Waals surface area (Å²) >= 11 is 6.14. The zero-order valence-corrected chi connectivity index (χ0v) is 22.2. The van der Waals surface area contributed by atoms with Crippen molar-refractivity contribution >= 4 is 40.7 Å². The average molecular weight is 551 g/mol. The van der Waals surface area contributed by atoms with Gasteiger partial charge in [0, 0.05) is 38.2 Å². The molecule has 204 valence electrons. The van der Waals surface area contributed by atoms with Crippen LogP contribution >= 0.6 is 11.6 Å². The smallest absolute Gasteiger partial charge is 0.429 e. The number of ether oxygens (including phenoxy) is 1. The van der Waals surface area contributed by atoms with Crippen LogP contribution in [0.2, 0.25) is 5.02 Å². The Bertz CT molecular complexity index is 1210. The first-order chi connectivity index (χ1) is 17.7. The minimum absolute atomic E-state index is 0.00204. The molecule has 0 radical (unpaired) electrons. The molecule has 0 bridgehead atoms. The minimum Gasteiger partial charge on any atom is -0.444 e. The van der Waals surface area contributed by atoms with Crippen molar-refractivity contribution in [3.8, 4) is 0 Å². The highest BCUT2D eigenvalue weighted by atomic mass is 35.5. The normalized spacial score (nSPS) is 15.2. The van der Waals surface area contributed by atoms with Gasteiger partial charge >= 0.3 is 12.3 Å². The summed E-state index contributed by atoms with van der Waals surface area (Å²) in [5.41, 5.74) is -1.10. The number of amides is 2. The van der Waals surface area contributed by atoms with Crippen molar-refractivity contribution in [2.24, 2.45) is 4.99 Å². The summed E-state index contributed by atoms with van der Waals surface area (Å²) in [6, 6.07) is 12.5. The van der Waals surface area contributed by atoms with Crippen molar-refractivity contribution < 1.29 is 27.5 Å². The van der Waals surface area contributed by atoms with E-state index in [1.54, 1.807) is 54.8 Å². The second kappa shape index (κ2) is 12.0. The first kappa shape index (κ1) is 29.2. The number of benzene rings is 2. The highest BCUT2D eigenvalue weighted by molar-refractivity contribution is 6.33. The Balaban J connectivity index is 1.77. The molecule has 0 aromatic heterocycles. The molecule has 1 fully saturated rings. The molecule has 1 heterocycles. The monoisotopic (exact) mass is 550 g/mol. The Kier molecular flexibility index (Phi) is 9.19. The fraction of sp³-hybridized carbons (Fsp3) is 0.407. The Morgan fingerprint density at radius 2 is 1.53 bits per heavy atom. The maximum absolute atomic E-state index is 13.1. The van der Waals surface area contributed by atoms with Crippen LogP contribution < -0.4 is 0 Å². The number of hydrogen-bond donors (Lipinski definition) is 1. The van der Waals surface area contributed by atoms with Gasteiger partial charge in [-0.2, -0.15) is 13.2 Å². The van der Waals surface area contributed by atoms with Crippen LogP contribution in [-0.2, 0) is 4.74 Å². The molecule has 11 heteroatoms. The van der Waals surface area contributed by atoms with Gasteiger partial charge in [-0.05, 0) is 57.0 Å². The predicted octanol–water partition coefficient (Wildman–Crippen LogP) is 6.52. The van der Waals surface area contributed by atoms with E-state index in [-0.39, 0.29) is 22.3 Å². The van der Waals surface area contributed by atoms with Crippen LogP contribution in [0.4, 0.5) is 23.7 Å². The first-order valence-electron chi connectivity index (χ1n) is 12.1. The average Bonchev–Trinajstić information content (AvgIpc) is 3.09. The number of nitrogens with zero attached hydrogens (tertiary/aromatic N) is 3. The summed E-state index contributed by atoms with van der Waals surface area (Å²) in [6.07, 6.45) is -5.39. The van der Waals surface area contributed by atoms with E-state index in [1.807, 2.05) is 0 Å². The number of halogens is 4. The van der Waals surface area contributed by atoms with Gasteiger partial charge in [-0.25, -0.2) is 4.79 Å². The largest absolute Gasteiger partial charge is 0.444 e. The Labute approximate surface area is 224 Å². The fourth-order valence-corrected chi connectivity index (χ4v) is 3.96. The van der Waals surface area contributed by atoms with Gasteiger partial charge < -0.3 is 19.9 Å². The molecular formula is C27H30ClF3N4O3. The summed E-state index contributed by atoms with van der Waals surface area (Å²) < 4.78 is 44.8. The van der Waals surface area contributed by atoms with Crippen molar-refractivity contribution in [1.82, 2.24) is 9.80 Å². The molecule has 1 N–H and O–H groups in total. The minimum atomic E-state index is -4.79. The molecule has 0 saturated carbocycles. The number of nitrogens with one attached hydrogen (secondary N) is 1. The third-order valence-electron chi connectivity index (χ3n) is 5.69. The molecule has 38 heavy (non-hydrogen) atoms. The Morgan fingerprint density at radius 1 is 0.947 bits per heavy atom. The van der Waals surface area contributed by atoms with Crippen molar-refractivity contribution in [2.45, 2.75) is 45.4 Å². The topological polar surface area (TPSA) is 86.1 Å². The molecule has 0 aliphatic carbocycles. The van der Waals surface area contributed by atoms with Crippen LogP contribution in [0.15, 0.2) is 53.5 Å². The van der Waals surface area contributed by atoms with Crippen LogP contribution in [0.5, 0.6) is 0 Å². The number of carbonyl (C=O) groups is 2. The number of aliphatic imine (C=N–C) groups is 1. The van der Waals surface area contributed by atoms with Crippen LogP contribution in [0.1, 0.15) is 49.5 Å². The van der Waals surface area contributed by atoms with Gasteiger partial charge in [-0.15, -0.1) is 0 Å². The molecule has 2 aromatic rings. The van der Waals surface area contributed by atoms with E-state index in [0.717, 1.165) is 0 Å². The lowest BCUT2D eigenvalue weighted by Gasteiger charge is -2.26. The maximum atomic E-state index is 13.1. The molecule has 0 atom stereocenters. The highest BCUT2D eigenvalue weighted by Crippen LogP contribution is 2.27. The van der Waals surface area contributed by atoms with E-state index in [0.29, 0.717) is 43.7 Å². The molecule has 1 aliphatic heterocycles. The number of carbonyl (C=O) groups excluding carboxylic acids is 2. The van der Waals surface area contributed by atoms with E-state index in [1.165, 1.54) is 24.3 Å². The molecule has 0 spiro atoms. The number of para-hydroxylation sites is 1. The molecule has 2 amide bonds. The van der Waals surface area contributed by atoms with Gasteiger partial charge in [0.1, 0.15) is 11.3 Å². The predicted molar refractivity (Wildman–Crippen MR) is 141 cm³/mol. The van der Waals surface area contributed by atoms with Gasteiger partial charge in [0.15, 0.2) is 0 Å². The number of alkyl halides is 3. The third kappa shape index (κ3) is 8.05. The first-order valence-corrected chi connectivity index (χ1v) is 12.5. The van der Waals surface area contributed by atoms with Crippen LogP contribution in [0.3, 0.4) is 0 Å². The summed E-state index contributed by atoms with van der Waals surface area (Å²) in [4.78, 5) is 33.1. The molecule has 2 aromatic carbocycles. The van der Waals surface area contributed by atoms with Gasteiger partial charge in [-0.1, -0.05) is 35.9 Å². The van der Waals surface area contributed by atoms with Crippen LogP contribution in [0.25, 0.3) is 0 Å². The number of rotatable bonds is 5. The summed E-state index contributed by atoms with van der Waals surface area (Å²) in [5, 5.41) is 7.72. The molecule has 0 unspecified atom stereocenters. The van der Waals surface area contributed by atoms with E-state index in [9.17, 15) is 22.8 Å². The summed E-state index contributed by atoms with van der Waals surface area (Å²) in [7, 11) is 0. The molecule has 1 saturated heterocycles. The summed E-state index contributed by atoms with van der Waals surface area (Å²) in [6.45, 7) is 6.93. The SMILES string of the molecule is CC(C)(C)OC(=O)N1CCCN(C(=O)c2ccc(C(CC(=N)C(F)(F)F)=Nc3ccccc3Cl)cc2)CC1. The van der Waals surface area contributed by atoms with Gasteiger partial charge in [0.05, 0.1) is 16.4 Å². The van der Waals surface area contributed by atoms with Crippen molar-refractivity contribution in [1.29, 1.82) is 5.41 Å². The lowest BCUT2D eigenvalue weighted by molar-refractivity contribution is -0.0605.